The van der Waals surface area contributed by atoms with Crippen LogP contribution in [0.4, 0.5) is 0 Å². The molecule has 0 radical (unpaired) electrons. The van der Waals surface area contributed by atoms with E-state index in [4.69, 9.17) is 0 Å². The van der Waals surface area contributed by atoms with Gasteiger partial charge in [-0.25, -0.2) is 4.98 Å². The first-order valence-corrected chi connectivity index (χ1v) is 8.19. The minimum atomic E-state index is -0.112. The van der Waals surface area contributed by atoms with E-state index in [1.807, 2.05) is 6.92 Å². The summed E-state index contributed by atoms with van der Waals surface area (Å²) in [6.07, 6.45) is 4.60. The predicted molar refractivity (Wildman–Crippen MR) is 76.3 cm³/mol. The van der Waals surface area contributed by atoms with Crippen molar-refractivity contribution in [2.24, 2.45) is 0 Å². The minimum absolute atomic E-state index is 0.112. The number of aromatic nitrogens is 2. The molecule has 2 N–H and O–H groups in total. The van der Waals surface area contributed by atoms with Gasteiger partial charge in [-0.1, -0.05) is 11.8 Å². The SMILES string of the molecule is Cc1nsc(SCCCC(C)(CO)NC2CC2)n1. The molecule has 1 fully saturated rings. The zero-order chi connectivity index (χ0) is 13.0. The number of hydrogen-bond donors (Lipinski definition) is 2. The normalized spacial score (nSPS) is 18.8. The van der Waals surface area contributed by atoms with Crippen LogP contribution in [0, 0.1) is 6.92 Å². The highest BCUT2D eigenvalue weighted by molar-refractivity contribution is 8.00. The zero-order valence-corrected chi connectivity index (χ0v) is 12.6. The third kappa shape index (κ3) is 4.50. The van der Waals surface area contributed by atoms with Gasteiger partial charge in [-0.2, -0.15) is 4.37 Å². The molecule has 1 saturated carbocycles. The number of rotatable bonds is 8. The lowest BCUT2D eigenvalue weighted by Gasteiger charge is -2.29. The van der Waals surface area contributed by atoms with Crippen LogP contribution >= 0.6 is 23.3 Å². The van der Waals surface area contributed by atoms with Crippen LogP contribution in [-0.4, -0.2) is 38.4 Å². The topological polar surface area (TPSA) is 58.0 Å². The largest absolute Gasteiger partial charge is 0.394 e. The summed E-state index contributed by atoms with van der Waals surface area (Å²) >= 11 is 3.23. The standard InChI is InChI=1S/C12H21N3OS2/c1-9-13-11(18-15-9)17-7-3-6-12(2,8-16)14-10-4-5-10/h10,14,16H,3-8H2,1-2H3. The summed E-state index contributed by atoms with van der Waals surface area (Å²) in [4.78, 5) is 4.33. The van der Waals surface area contributed by atoms with Crippen LogP contribution in [0.2, 0.25) is 0 Å². The van der Waals surface area contributed by atoms with Crippen LogP contribution < -0.4 is 5.32 Å². The molecular weight excluding hydrogens is 266 g/mol. The van der Waals surface area contributed by atoms with Gasteiger partial charge in [-0.3, -0.25) is 0 Å². The predicted octanol–water partition coefficient (Wildman–Crippen LogP) is 2.22. The van der Waals surface area contributed by atoms with Crippen molar-refractivity contribution >= 4 is 23.3 Å². The molecule has 1 unspecified atom stereocenters. The maximum Gasteiger partial charge on any atom is 0.170 e. The Labute approximate surface area is 117 Å². The molecule has 0 bridgehead atoms. The van der Waals surface area contributed by atoms with E-state index < -0.39 is 0 Å². The van der Waals surface area contributed by atoms with Gasteiger partial charge >= 0.3 is 0 Å². The average molecular weight is 287 g/mol. The first-order valence-electron chi connectivity index (χ1n) is 6.43. The molecule has 1 aromatic heterocycles. The van der Waals surface area contributed by atoms with Gasteiger partial charge in [0.15, 0.2) is 4.34 Å². The number of hydrogen-bond acceptors (Lipinski definition) is 6. The molecule has 4 nitrogen and oxygen atoms in total. The van der Waals surface area contributed by atoms with Crippen molar-refractivity contribution in [3.63, 3.8) is 0 Å². The van der Waals surface area contributed by atoms with E-state index in [2.05, 4.69) is 21.6 Å². The van der Waals surface area contributed by atoms with E-state index in [9.17, 15) is 5.11 Å². The van der Waals surface area contributed by atoms with Crippen LogP contribution in [0.3, 0.4) is 0 Å². The van der Waals surface area contributed by atoms with Gasteiger partial charge in [0.25, 0.3) is 0 Å². The second kappa shape index (κ2) is 6.32. The van der Waals surface area contributed by atoms with E-state index in [1.54, 1.807) is 11.8 Å². The Balaban J connectivity index is 1.66. The van der Waals surface area contributed by atoms with Gasteiger partial charge in [0.1, 0.15) is 5.82 Å². The van der Waals surface area contributed by atoms with E-state index in [0.29, 0.717) is 6.04 Å². The summed E-state index contributed by atoms with van der Waals surface area (Å²) in [6.45, 7) is 4.25. The van der Waals surface area contributed by atoms with Crippen molar-refractivity contribution in [3.05, 3.63) is 5.82 Å². The number of aliphatic hydroxyl groups excluding tert-OH is 1. The highest BCUT2D eigenvalue weighted by Crippen LogP contribution is 2.26. The number of thioether (sulfide) groups is 1. The Morgan fingerprint density at radius 2 is 2.33 bits per heavy atom. The fourth-order valence-corrected chi connectivity index (χ4v) is 3.53. The smallest absolute Gasteiger partial charge is 0.170 e. The monoisotopic (exact) mass is 287 g/mol. The third-order valence-corrected chi connectivity index (χ3v) is 5.10. The molecule has 0 amide bonds. The Kier molecular flexibility index (Phi) is 5.00. The maximum atomic E-state index is 9.49. The molecule has 1 heterocycles. The van der Waals surface area contributed by atoms with Crippen molar-refractivity contribution in [3.8, 4) is 0 Å². The van der Waals surface area contributed by atoms with Gasteiger partial charge in [0.05, 0.1) is 6.61 Å². The zero-order valence-electron chi connectivity index (χ0n) is 11.0. The Morgan fingerprint density at radius 3 is 2.89 bits per heavy atom. The lowest BCUT2D eigenvalue weighted by molar-refractivity contribution is 0.163. The first kappa shape index (κ1) is 14.2. The van der Waals surface area contributed by atoms with E-state index in [-0.39, 0.29) is 12.1 Å². The maximum absolute atomic E-state index is 9.49. The third-order valence-electron chi connectivity index (χ3n) is 3.09. The highest BCUT2D eigenvalue weighted by atomic mass is 32.2. The summed E-state index contributed by atoms with van der Waals surface area (Å²) in [6, 6.07) is 0.639. The Hall–Kier alpha value is -0.170. The molecule has 2 rings (SSSR count). The Bertz CT molecular complexity index is 381. The molecule has 0 saturated heterocycles. The molecule has 0 spiro atoms. The summed E-state index contributed by atoms with van der Waals surface area (Å²) in [5.74, 6) is 1.90. The van der Waals surface area contributed by atoms with E-state index in [0.717, 1.165) is 28.8 Å². The lowest BCUT2D eigenvalue weighted by Crippen LogP contribution is -2.46. The van der Waals surface area contributed by atoms with Gasteiger partial charge in [-0.05, 0) is 51.1 Å². The molecule has 18 heavy (non-hydrogen) atoms. The molecule has 1 aliphatic carbocycles. The van der Waals surface area contributed by atoms with Crippen molar-refractivity contribution in [1.82, 2.24) is 14.7 Å². The summed E-state index contributed by atoms with van der Waals surface area (Å²) in [5, 5.41) is 13.0. The highest BCUT2D eigenvalue weighted by Gasteiger charge is 2.31. The summed E-state index contributed by atoms with van der Waals surface area (Å²) in [7, 11) is 0. The van der Waals surface area contributed by atoms with Gasteiger partial charge in [-0.15, -0.1) is 0 Å². The summed E-state index contributed by atoms with van der Waals surface area (Å²) < 4.78 is 5.21. The number of aryl methyl sites for hydroxylation is 1. The van der Waals surface area contributed by atoms with E-state index >= 15 is 0 Å². The van der Waals surface area contributed by atoms with Gasteiger partial charge in [0.2, 0.25) is 0 Å². The lowest BCUT2D eigenvalue weighted by atomic mass is 9.97. The van der Waals surface area contributed by atoms with Crippen LogP contribution in [0.15, 0.2) is 4.34 Å². The van der Waals surface area contributed by atoms with Crippen molar-refractivity contribution in [2.75, 3.05) is 12.4 Å². The van der Waals surface area contributed by atoms with Crippen LogP contribution in [0.5, 0.6) is 0 Å². The average Bonchev–Trinajstić information content (AvgIpc) is 3.06. The molecule has 1 atom stereocenters. The number of aliphatic hydroxyl groups is 1. The van der Waals surface area contributed by atoms with Gasteiger partial charge in [0, 0.05) is 17.3 Å². The van der Waals surface area contributed by atoms with Crippen molar-refractivity contribution < 1.29 is 5.11 Å². The number of nitrogens with zero attached hydrogens (tertiary/aromatic N) is 2. The quantitative estimate of drug-likeness (QED) is 0.567. The van der Waals surface area contributed by atoms with Crippen molar-refractivity contribution in [2.45, 2.75) is 55.5 Å². The van der Waals surface area contributed by atoms with E-state index in [1.165, 1.54) is 24.4 Å². The molecule has 0 aliphatic heterocycles. The Morgan fingerprint density at radius 1 is 1.56 bits per heavy atom. The minimum Gasteiger partial charge on any atom is -0.394 e. The second-order valence-corrected chi connectivity index (χ2v) is 7.29. The van der Waals surface area contributed by atoms with Gasteiger partial charge < -0.3 is 10.4 Å². The van der Waals surface area contributed by atoms with Crippen LogP contribution in [0.25, 0.3) is 0 Å². The van der Waals surface area contributed by atoms with Crippen LogP contribution in [-0.2, 0) is 0 Å². The molecule has 1 aliphatic rings. The summed E-state index contributed by atoms with van der Waals surface area (Å²) in [5.41, 5.74) is -0.112. The first-order chi connectivity index (χ1) is 8.61. The molecule has 0 aromatic carbocycles. The fourth-order valence-electron chi connectivity index (χ4n) is 1.88. The molecule has 6 heteroatoms. The molecule has 102 valence electrons. The molecular formula is C12H21N3OS2. The fraction of sp³-hybridized carbons (Fsp3) is 0.833. The molecule has 1 aromatic rings. The van der Waals surface area contributed by atoms with Crippen LogP contribution in [0.1, 0.15) is 38.4 Å². The second-order valence-electron chi connectivity index (χ2n) is 5.20. The van der Waals surface area contributed by atoms with Crippen molar-refractivity contribution in [1.29, 1.82) is 0 Å². The number of nitrogens with one attached hydrogen (secondary N) is 1.